The molecule has 0 heterocycles. The Balaban J connectivity index is 1.69. The van der Waals surface area contributed by atoms with Gasteiger partial charge in [-0.1, -0.05) is 43.7 Å². The van der Waals surface area contributed by atoms with Gasteiger partial charge in [-0.15, -0.1) is 0 Å². The highest BCUT2D eigenvalue weighted by molar-refractivity contribution is 5.36. The summed E-state index contributed by atoms with van der Waals surface area (Å²) in [5, 5.41) is 30.3. The van der Waals surface area contributed by atoms with Crippen LogP contribution in [0, 0.1) is 23.2 Å². The van der Waals surface area contributed by atoms with E-state index < -0.39 is 11.7 Å². The molecule has 0 saturated heterocycles. The van der Waals surface area contributed by atoms with Crippen molar-refractivity contribution in [2.45, 2.75) is 110 Å². The fraction of sp³-hybridized carbons (Fsp3) is 0.778. The summed E-state index contributed by atoms with van der Waals surface area (Å²) in [7, 11) is 0. The third-order valence-electron chi connectivity index (χ3n) is 8.62. The van der Waals surface area contributed by atoms with Gasteiger partial charge in [0.1, 0.15) is 0 Å². The van der Waals surface area contributed by atoms with E-state index in [1.165, 1.54) is 43.3 Å². The van der Waals surface area contributed by atoms with Crippen LogP contribution in [0.15, 0.2) is 35.5 Å². The van der Waals surface area contributed by atoms with E-state index in [0.29, 0.717) is 29.6 Å². The van der Waals surface area contributed by atoms with E-state index in [0.717, 1.165) is 25.7 Å². The van der Waals surface area contributed by atoms with E-state index >= 15 is 0 Å². The molecule has 3 fully saturated rings. The minimum absolute atomic E-state index is 0.215. The van der Waals surface area contributed by atoms with Gasteiger partial charge >= 0.3 is 0 Å². The predicted octanol–water partition coefficient (Wildman–Crippen LogP) is 5.70. The lowest BCUT2D eigenvalue weighted by atomic mass is 9.60. The van der Waals surface area contributed by atoms with Gasteiger partial charge in [-0.3, -0.25) is 0 Å². The number of allylic oxidation sites excluding steroid dienone is 4. The molecule has 0 amide bonds. The SMILES string of the molecule is C=C1CCC(O)C/C1=C/C=C1\CCCC2(C)C1CC[C@@H]2C(C)CC[C@@H](O)C(C)(C)O. The van der Waals surface area contributed by atoms with Gasteiger partial charge in [0, 0.05) is 0 Å². The fourth-order valence-corrected chi connectivity index (χ4v) is 6.58. The van der Waals surface area contributed by atoms with E-state index in [9.17, 15) is 15.3 Å². The van der Waals surface area contributed by atoms with Crippen LogP contribution < -0.4 is 0 Å². The van der Waals surface area contributed by atoms with Gasteiger partial charge in [-0.05, 0) is 107 Å². The lowest BCUT2D eigenvalue weighted by Crippen LogP contribution is -2.38. The van der Waals surface area contributed by atoms with Crippen molar-refractivity contribution in [2.75, 3.05) is 0 Å². The zero-order valence-corrected chi connectivity index (χ0v) is 19.7. The first-order chi connectivity index (χ1) is 14.0. The first-order valence-corrected chi connectivity index (χ1v) is 12.2. The van der Waals surface area contributed by atoms with Crippen LogP contribution >= 0.6 is 0 Å². The van der Waals surface area contributed by atoms with Crippen molar-refractivity contribution in [3.05, 3.63) is 35.5 Å². The van der Waals surface area contributed by atoms with Gasteiger partial charge in [0.05, 0.1) is 17.8 Å². The summed E-state index contributed by atoms with van der Waals surface area (Å²) in [6.07, 6.45) is 14.1. The lowest BCUT2D eigenvalue weighted by molar-refractivity contribution is -0.0554. The van der Waals surface area contributed by atoms with Gasteiger partial charge in [0.2, 0.25) is 0 Å². The van der Waals surface area contributed by atoms with E-state index in [2.05, 4.69) is 32.6 Å². The number of aliphatic hydroxyl groups excluding tert-OH is 2. The standard InChI is InChI=1S/C27H44O3/c1-18-8-12-22(28)17-21(18)11-10-20-7-6-16-27(5)23(13-14-24(20)27)19(2)9-15-25(29)26(3,4)30/h10-11,19,22-25,28-30H,1,6-9,12-17H2,2-5H3/b20-10+,21-11-/t19?,22?,23-,24?,25-,27?/m1/s1. The van der Waals surface area contributed by atoms with Crippen LogP contribution in [0.2, 0.25) is 0 Å². The highest BCUT2D eigenvalue weighted by atomic mass is 16.3. The molecule has 3 saturated carbocycles. The van der Waals surface area contributed by atoms with Crippen molar-refractivity contribution in [3.63, 3.8) is 0 Å². The maximum atomic E-state index is 10.3. The van der Waals surface area contributed by atoms with E-state index in [1.54, 1.807) is 19.4 Å². The molecule has 6 atom stereocenters. The molecule has 30 heavy (non-hydrogen) atoms. The molecule has 0 aromatic rings. The Kier molecular flexibility index (Phi) is 7.37. The fourth-order valence-electron chi connectivity index (χ4n) is 6.58. The van der Waals surface area contributed by atoms with Crippen molar-refractivity contribution in [2.24, 2.45) is 23.2 Å². The van der Waals surface area contributed by atoms with Crippen LogP contribution in [0.1, 0.15) is 91.9 Å². The summed E-state index contributed by atoms with van der Waals surface area (Å²) in [6, 6.07) is 0. The molecule has 170 valence electrons. The zero-order chi connectivity index (χ0) is 22.1. The summed E-state index contributed by atoms with van der Waals surface area (Å²) in [5.41, 5.74) is 3.34. The monoisotopic (exact) mass is 416 g/mol. The molecule has 3 aliphatic carbocycles. The molecule has 4 unspecified atom stereocenters. The number of aliphatic hydroxyl groups is 3. The van der Waals surface area contributed by atoms with Crippen LogP contribution in [0.3, 0.4) is 0 Å². The number of fused-ring (bicyclic) bond motifs is 1. The van der Waals surface area contributed by atoms with Crippen molar-refractivity contribution in [1.82, 2.24) is 0 Å². The van der Waals surface area contributed by atoms with Crippen molar-refractivity contribution in [1.29, 1.82) is 0 Å². The minimum atomic E-state index is -1.02. The van der Waals surface area contributed by atoms with E-state index in [4.69, 9.17) is 0 Å². The molecule has 3 heteroatoms. The van der Waals surface area contributed by atoms with Gasteiger partial charge < -0.3 is 15.3 Å². The van der Waals surface area contributed by atoms with Gasteiger partial charge in [-0.25, -0.2) is 0 Å². The molecule has 3 N–H and O–H groups in total. The van der Waals surface area contributed by atoms with Crippen LogP contribution in [-0.2, 0) is 0 Å². The average Bonchev–Trinajstić information content (AvgIpc) is 3.03. The molecular weight excluding hydrogens is 372 g/mol. The number of rotatable bonds is 6. The zero-order valence-electron chi connectivity index (χ0n) is 19.7. The maximum absolute atomic E-state index is 10.3. The third-order valence-corrected chi connectivity index (χ3v) is 8.62. The molecule has 3 aliphatic rings. The summed E-state index contributed by atoms with van der Waals surface area (Å²) < 4.78 is 0. The van der Waals surface area contributed by atoms with E-state index in [1.807, 2.05) is 0 Å². The summed E-state index contributed by atoms with van der Waals surface area (Å²) in [6.45, 7) is 12.5. The van der Waals surface area contributed by atoms with Crippen LogP contribution in [0.25, 0.3) is 0 Å². The Morgan fingerprint density at radius 3 is 2.60 bits per heavy atom. The second kappa shape index (κ2) is 9.30. The minimum Gasteiger partial charge on any atom is -0.393 e. The Bertz CT molecular complexity index is 683. The molecule has 0 radical (unpaired) electrons. The molecule has 0 spiro atoms. The highest BCUT2D eigenvalue weighted by Gasteiger charge is 2.50. The number of hydrogen-bond acceptors (Lipinski definition) is 3. The first kappa shape index (κ1) is 23.8. The molecule has 0 aromatic carbocycles. The molecule has 0 aliphatic heterocycles. The predicted molar refractivity (Wildman–Crippen MR) is 124 cm³/mol. The lowest BCUT2D eigenvalue weighted by Gasteiger charge is -2.44. The van der Waals surface area contributed by atoms with Gasteiger partial charge in [-0.2, -0.15) is 0 Å². The van der Waals surface area contributed by atoms with Gasteiger partial charge in [0.15, 0.2) is 0 Å². The second-order valence-corrected chi connectivity index (χ2v) is 11.3. The summed E-state index contributed by atoms with van der Waals surface area (Å²) >= 11 is 0. The average molecular weight is 417 g/mol. The second-order valence-electron chi connectivity index (χ2n) is 11.3. The maximum Gasteiger partial charge on any atom is 0.0849 e. The molecule has 3 rings (SSSR count). The molecule has 0 bridgehead atoms. The first-order valence-electron chi connectivity index (χ1n) is 12.2. The van der Waals surface area contributed by atoms with Crippen molar-refractivity contribution in [3.8, 4) is 0 Å². The molecule has 3 nitrogen and oxygen atoms in total. The number of hydrogen-bond donors (Lipinski definition) is 3. The Labute approximate surface area is 184 Å². The summed E-state index contributed by atoms with van der Waals surface area (Å²) in [4.78, 5) is 0. The van der Waals surface area contributed by atoms with Crippen LogP contribution in [0.4, 0.5) is 0 Å². The highest BCUT2D eigenvalue weighted by Crippen LogP contribution is 2.60. The van der Waals surface area contributed by atoms with Crippen molar-refractivity contribution >= 4 is 0 Å². The Hall–Kier alpha value is -0.900. The van der Waals surface area contributed by atoms with Crippen LogP contribution in [0.5, 0.6) is 0 Å². The van der Waals surface area contributed by atoms with E-state index in [-0.39, 0.29) is 6.10 Å². The quantitative estimate of drug-likeness (QED) is 0.520. The molecular formula is C27H44O3. The smallest absolute Gasteiger partial charge is 0.0849 e. The Morgan fingerprint density at radius 2 is 1.90 bits per heavy atom. The van der Waals surface area contributed by atoms with Crippen LogP contribution in [-0.4, -0.2) is 33.1 Å². The Morgan fingerprint density at radius 1 is 1.17 bits per heavy atom. The topological polar surface area (TPSA) is 60.7 Å². The normalized spacial score (nSPS) is 37.4. The van der Waals surface area contributed by atoms with Crippen molar-refractivity contribution < 1.29 is 15.3 Å². The molecule has 0 aromatic heterocycles. The summed E-state index contributed by atoms with van der Waals surface area (Å²) in [5.74, 6) is 1.89. The van der Waals surface area contributed by atoms with Gasteiger partial charge in [0.25, 0.3) is 0 Å². The largest absolute Gasteiger partial charge is 0.393 e. The third kappa shape index (κ3) is 5.11.